The first-order valence-corrected chi connectivity index (χ1v) is 8.19. The highest BCUT2D eigenvalue weighted by Gasteiger charge is 2.09. The minimum Gasteiger partial charge on any atom is -0.239 e. The van der Waals surface area contributed by atoms with Crippen molar-refractivity contribution in [2.75, 3.05) is 0 Å². The van der Waals surface area contributed by atoms with Crippen LogP contribution in [-0.2, 0) is 6.54 Å². The number of nitrogens with zero attached hydrogens (tertiary/aromatic N) is 5. The number of hydrogen-bond donors (Lipinski definition) is 0. The zero-order valence-corrected chi connectivity index (χ0v) is 13.3. The van der Waals surface area contributed by atoms with Crippen molar-refractivity contribution in [3.8, 4) is 22.0 Å². The van der Waals surface area contributed by atoms with Gasteiger partial charge in [-0.25, -0.2) is 9.37 Å². The Hall–Kier alpha value is -2.93. The SMILES string of the molecule is Fc1cccc(-c2nnn(Cc3csc(-c4ccccc4)n3)n2)c1. The lowest BCUT2D eigenvalue weighted by Gasteiger charge is -1.96. The second-order valence-corrected chi connectivity index (χ2v) is 6.02. The van der Waals surface area contributed by atoms with E-state index in [1.807, 2.05) is 35.7 Å². The van der Waals surface area contributed by atoms with Crippen LogP contribution < -0.4 is 0 Å². The second kappa shape index (κ2) is 6.29. The van der Waals surface area contributed by atoms with Crippen LogP contribution in [0.3, 0.4) is 0 Å². The summed E-state index contributed by atoms with van der Waals surface area (Å²) in [5, 5.41) is 15.2. The lowest BCUT2D eigenvalue weighted by atomic mass is 10.2. The number of benzene rings is 2. The summed E-state index contributed by atoms with van der Waals surface area (Å²) in [7, 11) is 0. The molecule has 24 heavy (non-hydrogen) atoms. The normalized spacial score (nSPS) is 10.9. The number of tetrazole rings is 1. The van der Waals surface area contributed by atoms with Crippen molar-refractivity contribution in [2.24, 2.45) is 0 Å². The predicted molar refractivity (Wildman–Crippen MR) is 89.9 cm³/mol. The fourth-order valence-corrected chi connectivity index (χ4v) is 3.11. The van der Waals surface area contributed by atoms with Gasteiger partial charge in [0.05, 0.1) is 5.69 Å². The molecule has 7 heteroatoms. The van der Waals surface area contributed by atoms with Crippen molar-refractivity contribution in [1.29, 1.82) is 0 Å². The minimum atomic E-state index is -0.323. The fourth-order valence-electron chi connectivity index (χ4n) is 2.29. The Morgan fingerprint density at radius 2 is 1.83 bits per heavy atom. The maximum absolute atomic E-state index is 13.3. The average molecular weight is 337 g/mol. The molecular formula is C17H12FN5S. The molecule has 4 aromatic rings. The van der Waals surface area contributed by atoms with Gasteiger partial charge in [-0.2, -0.15) is 4.80 Å². The van der Waals surface area contributed by atoms with E-state index in [1.165, 1.54) is 16.9 Å². The molecule has 0 aliphatic heterocycles. The largest absolute Gasteiger partial charge is 0.239 e. The first-order valence-electron chi connectivity index (χ1n) is 7.31. The Morgan fingerprint density at radius 1 is 1.00 bits per heavy atom. The Bertz CT molecular complexity index is 964. The van der Waals surface area contributed by atoms with Gasteiger partial charge < -0.3 is 0 Å². The Morgan fingerprint density at radius 3 is 2.67 bits per heavy atom. The van der Waals surface area contributed by atoms with Gasteiger partial charge in [-0.15, -0.1) is 21.5 Å². The van der Waals surface area contributed by atoms with Crippen LogP contribution in [0.15, 0.2) is 60.0 Å². The standard InChI is InChI=1S/C17H12FN5S/c18-14-8-4-7-13(9-14)16-20-22-23(21-16)10-15-11-24-17(19-15)12-5-2-1-3-6-12/h1-9,11H,10H2. The smallest absolute Gasteiger partial charge is 0.205 e. The van der Waals surface area contributed by atoms with Crippen LogP contribution in [-0.4, -0.2) is 25.2 Å². The summed E-state index contributed by atoms with van der Waals surface area (Å²) < 4.78 is 13.3. The Kier molecular flexibility index (Phi) is 3.84. The fraction of sp³-hybridized carbons (Fsp3) is 0.0588. The number of halogens is 1. The molecule has 0 saturated carbocycles. The van der Waals surface area contributed by atoms with Gasteiger partial charge in [-0.3, -0.25) is 0 Å². The molecule has 0 aliphatic rings. The molecule has 2 heterocycles. The number of aromatic nitrogens is 5. The Labute approximate surface area is 141 Å². The molecule has 118 valence electrons. The molecular weight excluding hydrogens is 325 g/mol. The van der Waals surface area contributed by atoms with Crippen molar-refractivity contribution in [2.45, 2.75) is 6.54 Å². The van der Waals surface area contributed by atoms with E-state index in [1.54, 1.807) is 23.5 Å². The van der Waals surface area contributed by atoms with E-state index in [9.17, 15) is 4.39 Å². The van der Waals surface area contributed by atoms with Gasteiger partial charge in [0.25, 0.3) is 0 Å². The van der Waals surface area contributed by atoms with Gasteiger partial charge in [-0.1, -0.05) is 42.5 Å². The van der Waals surface area contributed by atoms with E-state index in [4.69, 9.17) is 0 Å². The monoisotopic (exact) mass is 337 g/mol. The van der Waals surface area contributed by atoms with E-state index in [-0.39, 0.29) is 5.82 Å². The molecule has 0 spiro atoms. The van der Waals surface area contributed by atoms with Crippen LogP contribution in [0.5, 0.6) is 0 Å². The summed E-state index contributed by atoms with van der Waals surface area (Å²) in [6, 6.07) is 16.1. The minimum absolute atomic E-state index is 0.323. The maximum Gasteiger partial charge on any atom is 0.205 e. The molecule has 5 nitrogen and oxygen atoms in total. The third kappa shape index (κ3) is 3.07. The molecule has 0 fully saturated rings. The van der Waals surface area contributed by atoms with Gasteiger partial charge in [0.15, 0.2) is 0 Å². The van der Waals surface area contributed by atoms with Crippen molar-refractivity contribution in [1.82, 2.24) is 25.2 Å². The molecule has 0 bridgehead atoms. The van der Waals surface area contributed by atoms with Crippen LogP contribution in [0.25, 0.3) is 22.0 Å². The average Bonchev–Trinajstić information content (AvgIpc) is 3.26. The summed E-state index contributed by atoms with van der Waals surface area (Å²) in [5.41, 5.74) is 2.55. The van der Waals surface area contributed by atoms with E-state index in [2.05, 4.69) is 20.4 Å². The van der Waals surface area contributed by atoms with E-state index < -0.39 is 0 Å². The molecule has 0 N–H and O–H groups in total. The van der Waals surface area contributed by atoms with E-state index in [0.29, 0.717) is 17.9 Å². The molecule has 0 atom stereocenters. The molecule has 4 rings (SSSR count). The quantitative estimate of drug-likeness (QED) is 0.570. The molecule has 0 radical (unpaired) electrons. The third-order valence-corrected chi connectivity index (χ3v) is 4.35. The first-order chi connectivity index (χ1) is 11.8. The van der Waals surface area contributed by atoms with Gasteiger partial charge in [0, 0.05) is 16.5 Å². The highest BCUT2D eigenvalue weighted by molar-refractivity contribution is 7.13. The van der Waals surface area contributed by atoms with Gasteiger partial charge in [-0.05, 0) is 17.3 Å². The zero-order chi connectivity index (χ0) is 16.4. The van der Waals surface area contributed by atoms with Gasteiger partial charge in [0.2, 0.25) is 5.82 Å². The van der Waals surface area contributed by atoms with Crippen molar-refractivity contribution >= 4 is 11.3 Å². The first kappa shape index (κ1) is 14.6. The van der Waals surface area contributed by atoms with Crippen LogP contribution in [0.2, 0.25) is 0 Å². The second-order valence-electron chi connectivity index (χ2n) is 5.16. The van der Waals surface area contributed by atoms with Gasteiger partial charge in [0.1, 0.15) is 17.4 Å². The zero-order valence-electron chi connectivity index (χ0n) is 12.5. The highest BCUT2D eigenvalue weighted by atomic mass is 32.1. The van der Waals surface area contributed by atoms with Crippen molar-refractivity contribution < 1.29 is 4.39 Å². The third-order valence-electron chi connectivity index (χ3n) is 3.41. The molecule has 2 aromatic heterocycles. The topological polar surface area (TPSA) is 56.5 Å². The summed E-state index contributed by atoms with van der Waals surface area (Å²) >= 11 is 1.58. The van der Waals surface area contributed by atoms with Crippen LogP contribution in [0, 0.1) is 5.82 Å². The summed E-state index contributed by atoms with van der Waals surface area (Å²) in [4.78, 5) is 6.06. The van der Waals surface area contributed by atoms with Crippen LogP contribution in [0.1, 0.15) is 5.69 Å². The predicted octanol–water partition coefficient (Wildman–Crippen LogP) is 3.65. The lowest BCUT2D eigenvalue weighted by Crippen LogP contribution is -2.04. The van der Waals surface area contributed by atoms with Crippen molar-refractivity contribution in [3.05, 3.63) is 71.5 Å². The number of hydrogen-bond acceptors (Lipinski definition) is 5. The lowest BCUT2D eigenvalue weighted by molar-refractivity contribution is 0.566. The summed E-state index contributed by atoms with van der Waals surface area (Å²) in [6.45, 7) is 0.422. The summed E-state index contributed by atoms with van der Waals surface area (Å²) in [6.07, 6.45) is 0. The molecule has 0 unspecified atom stereocenters. The van der Waals surface area contributed by atoms with Crippen molar-refractivity contribution in [3.63, 3.8) is 0 Å². The highest BCUT2D eigenvalue weighted by Crippen LogP contribution is 2.23. The molecule has 0 aliphatic carbocycles. The molecule has 0 amide bonds. The van der Waals surface area contributed by atoms with E-state index >= 15 is 0 Å². The molecule has 2 aromatic carbocycles. The Balaban J connectivity index is 1.54. The maximum atomic E-state index is 13.3. The number of thiazole rings is 1. The van der Waals surface area contributed by atoms with Crippen LogP contribution >= 0.6 is 11.3 Å². The molecule has 0 saturated heterocycles. The number of rotatable bonds is 4. The van der Waals surface area contributed by atoms with E-state index in [0.717, 1.165) is 16.3 Å². The summed E-state index contributed by atoms with van der Waals surface area (Å²) in [5.74, 6) is 0.0730. The van der Waals surface area contributed by atoms with Gasteiger partial charge >= 0.3 is 0 Å². The van der Waals surface area contributed by atoms with Crippen LogP contribution in [0.4, 0.5) is 4.39 Å².